The second-order valence-electron chi connectivity index (χ2n) is 8.85. The number of hydrogen-bond donors (Lipinski definition) is 2. The van der Waals surface area contributed by atoms with Gasteiger partial charge in [0.15, 0.2) is 0 Å². The van der Waals surface area contributed by atoms with Gasteiger partial charge in [-0.1, -0.05) is 32.0 Å². The summed E-state index contributed by atoms with van der Waals surface area (Å²) in [6, 6.07) is 9.43. The van der Waals surface area contributed by atoms with E-state index in [9.17, 15) is 14.9 Å². The van der Waals surface area contributed by atoms with Crippen LogP contribution in [0.15, 0.2) is 34.4 Å². The zero-order chi connectivity index (χ0) is 23.5. The maximum atomic E-state index is 13.6. The number of nitrogens with two attached hydrogens (primary N) is 1. The Hall–Kier alpha value is -3.22. The predicted molar refractivity (Wildman–Crippen MR) is 131 cm³/mol. The van der Waals surface area contributed by atoms with Crippen LogP contribution in [0.25, 0.3) is 10.2 Å². The van der Waals surface area contributed by atoms with Gasteiger partial charge in [0.1, 0.15) is 10.2 Å². The van der Waals surface area contributed by atoms with Gasteiger partial charge in [-0.15, -0.1) is 11.3 Å². The van der Waals surface area contributed by atoms with Crippen LogP contribution >= 0.6 is 11.3 Å². The van der Waals surface area contributed by atoms with Gasteiger partial charge in [-0.2, -0.15) is 5.26 Å². The average Bonchev–Trinajstić information content (AvgIpc) is 3.24. The molecule has 1 amide bonds. The number of aromatic nitrogens is 2. The van der Waals surface area contributed by atoms with E-state index < -0.39 is 0 Å². The van der Waals surface area contributed by atoms with Gasteiger partial charge in [-0.25, -0.2) is 4.98 Å². The van der Waals surface area contributed by atoms with Crippen LogP contribution in [0.3, 0.4) is 0 Å². The third kappa shape index (κ3) is 4.77. The molecule has 8 nitrogen and oxygen atoms in total. The molecule has 3 N–H and O–H groups in total. The third-order valence-corrected chi connectivity index (χ3v) is 6.74. The molecule has 3 heterocycles. The lowest BCUT2D eigenvalue weighted by Gasteiger charge is -2.33. The van der Waals surface area contributed by atoms with Crippen molar-refractivity contribution in [2.24, 2.45) is 11.7 Å². The van der Waals surface area contributed by atoms with Crippen LogP contribution in [0.2, 0.25) is 0 Å². The van der Waals surface area contributed by atoms with E-state index >= 15 is 0 Å². The monoisotopic (exact) mass is 464 g/mol. The topological polar surface area (TPSA) is 117 Å². The number of nitriles is 1. The number of fused-ring (bicyclic) bond motifs is 1. The Morgan fingerprint density at radius 2 is 2.18 bits per heavy atom. The molecular weight excluding hydrogens is 436 g/mol. The van der Waals surface area contributed by atoms with Gasteiger partial charge < -0.3 is 16.0 Å². The molecule has 1 fully saturated rings. The van der Waals surface area contributed by atoms with Crippen LogP contribution in [-0.2, 0) is 6.54 Å². The number of rotatable bonds is 6. The number of hydrogen-bond acceptors (Lipinski definition) is 7. The highest BCUT2D eigenvalue weighted by Crippen LogP contribution is 2.26. The molecule has 9 heteroatoms. The van der Waals surface area contributed by atoms with E-state index in [0.29, 0.717) is 46.3 Å². The van der Waals surface area contributed by atoms with Crippen molar-refractivity contribution < 1.29 is 4.79 Å². The Balaban J connectivity index is 1.84. The van der Waals surface area contributed by atoms with E-state index in [-0.39, 0.29) is 24.1 Å². The fourth-order valence-electron chi connectivity index (χ4n) is 4.05. The summed E-state index contributed by atoms with van der Waals surface area (Å²) in [7, 11) is 0. The summed E-state index contributed by atoms with van der Waals surface area (Å²) < 4.78 is 2.05. The number of thiophene rings is 1. The van der Waals surface area contributed by atoms with Crippen LogP contribution in [-0.4, -0.2) is 41.1 Å². The average molecular weight is 465 g/mol. The lowest BCUT2D eigenvalue weighted by Crippen LogP contribution is -2.45. The highest BCUT2D eigenvalue weighted by molar-refractivity contribution is 7.17. The number of piperidine rings is 1. The second-order valence-corrected chi connectivity index (χ2v) is 9.73. The van der Waals surface area contributed by atoms with Gasteiger partial charge in [-0.3, -0.25) is 14.2 Å². The highest BCUT2D eigenvalue weighted by Gasteiger charge is 2.25. The van der Waals surface area contributed by atoms with Crippen molar-refractivity contribution in [3.8, 4) is 6.07 Å². The first-order valence-electron chi connectivity index (χ1n) is 11.2. The van der Waals surface area contributed by atoms with Gasteiger partial charge in [-0.05, 0) is 30.4 Å². The van der Waals surface area contributed by atoms with Gasteiger partial charge in [0.2, 0.25) is 5.95 Å². The molecule has 0 bridgehead atoms. The molecule has 33 heavy (non-hydrogen) atoms. The molecule has 1 atom stereocenters. The normalized spacial score (nSPS) is 16.2. The molecule has 3 aromatic rings. The molecule has 172 valence electrons. The highest BCUT2D eigenvalue weighted by atomic mass is 32.1. The molecule has 0 aliphatic carbocycles. The standard InChI is InChI=1S/C24H28N6O2S/c1-15(2)11-27-22(31)19-14-33-21-20(19)28-24(29-9-5-8-18(26)13-29)30(23(21)32)12-17-7-4-3-6-16(17)10-25/h3-4,6-7,14-15,18H,5,8-9,11-13,26H2,1-2H3,(H,27,31)/t18-/m1/s1. The van der Waals surface area contributed by atoms with Crippen molar-refractivity contribution in [2.75, 3.05) is 24.5 Å². The fourth-order valence-corrected chi connectivity index (χ4v) is 4.99. The van der Waals surface area contributed by atoms with Crippen LogP contribution < -0.4 is 21.5 Å². The minimum absolute atomic E-state index is 0.0116. The van der Waals surface area contributed by atoms with Crippen molar-refractivity contribution >= 4 is 33.4 Å². The summed E-state index contributed by atoms with van der Waals surface area (Å²) in [5.41, 5.74) is 8.12. The molecule has 0 radical (unpaired) electrons. The Kier molecular flexibility index (Phi) is 6.77. The number of carbonyl (C=O) groups is 1. The summed E-state index contributed by atoms with van der Waals surface area (Å²) in [5, 5.41) is 14.1. The van der Waals surface area contributed by atoms with Crippen LogP contribution in [0.5, 0.6) is 0 Å². The Morgan fingerprint density at radius 1 is 1.39 bits per heavy atom. The molecular formula is C24H28N6O2S. The fraction of sp³-hybridized carbons (Fsp3) is 0.417. The Labute approximate surface area is 196 Å². The van der Waals surface area contributed by atoms with Gasteiger partial charge in [0.25, 0.3) is 11.5 Å². The smallest absolute Gasteiger partial charge is 0.273 e. The van der Waals surface area contributed by atoms with E-state index in [0.717, 1.165) is 24.9 Å². The van der Waals surface area contributed by atoms with Crippen molar-refractivity contribution in [3.05, 3.63) is 56.7 Å². The van der Waals surface area contributed by atoms with Gasteiger partial charge in [0.05, 0.1) is 23.7 Å². The zero-order valence-corrected chi connectivity index (χ0v) is 19.7. The summed E-state index contributed by atoms with van der Waals surface area (Å²) >= 11 is 1.23. The molecule has 1 aliphatic heterocycles. The first-order valence-corrected chi connectivity index (χ1v) is 12.1. The molecule has 0 saturated carbocycles. The predicted octanol–water partition coefficient (Wildman–Crippen LogP) is 2.69. The van der Waals surface area contributed by atoms with Crippen molar-refractivity contribution in [2.45, 2.75) is 39.3 Å². The number of amides is 1. The number of carbonyl (C=O) groups excluding carboxylic acids is 1. The Bertz CT molecular complexity index is 1270. The van der Waals surface area contributed by atoms with Crippen LogP contribution in [0, 0.1) is 17.2 Å². The van der Waals surface area contributed by atoms with E-state index in [2.05, 4.69) is 11.4 Å². The SMILES string of the molecule is CC(C)CNC(=O)c1csc2c(=O)n(Cc3ccccc3C#N)c(N3CCC[C@@H](N)C3)nc12. The van der Waals surface area contributed by atoms with Gasteiger partial charge >= 0.3 is 0 Å². The summed E-state index contributed by atoms with van der Waals surface area (Å²) in [4.78, 5) is 33.3. The molecule has 1 aliphatic rings. The van der Waals surface area contributed by atoms with Crippen LogP contribution in [0.1, 0.15) is 48.2 Å². The number of anilines is 1. The van der Waals surface area contributed by atoms with Crippen LogP contribution in [0.4, 0.5) is 5.95 Å². The maximum Gasteiger partial charge on any atom is 0.273 e. The van der Waals surface area contributed by atoms with Crippen molar-refractivity contribution in [1.29, 1.82) is 5.26 Å². The Morgan fingerprint density at radius 3 is 2.91 bits per heavy atom. The van der Waals surface area contributed by atoms with Crippen molar-refractivity contribution in [3.63, 3.8) is 0 Å². The number of benzene rings is 1. The number of nitrogens with zero attached hydrogens (tertiary/aromatic N) is 4. The van der Waals surface area contributed by atoms with Crippen molar-refractivity contribution in [1.82, 2.24) is 14.9 Å². The molecule has 1 aromatic carbocycles. The molecule has 2 aromatic heterocycles. The molecule has 0 unspecified atom stereocenters. The third-order valence-electron chi connectivity index (χ3n) is 5.78. The largest absolute Gasteiger partial charge is 0.352 e. The molecule has 4 rings (SSSR count). The van der Waals surface area contributed by atoms with E-state index in [1.807, 2.05) is 30.9 Å². The summed E-state index contributed by atoms with van der Waals surface area (Å²) in [6.07, 6.45) is 1.82. The molecule has 0 spiro atoms. The lowest BCUT2D eigenvalue weighted by molar-refractivity contribution is 0.0951. The second kappa shape index (κ2) is 9.73. The lowest BCUT2D eigenvalue weighted by atomic mass is 10.1. The van der Waals surface area contributed by atoms with E-state index in [1.54, 1.807) is 22.1 Å². The first-order chi connectivity index (χ1) is 15.9. The molecule has 1 saturated heterocycles. The maximum absolute atomic E-state index is 13.6. The minimum Gasteiger partial charge on any atom is -0.352 e. The first kappa shape index (κ1) is 23.0. The quantitative estimate of drug-likeness (QED) is 0.579. The van der Waals surface area contributed by atoms with Gasteiger partial charge in [0, 0.05) is 31.1 Å². The summed E-state index contributed by atoms with van der Waals surface area (Å²) in [5.74, 6) is 0.581. The number of nitrogens with one attached hydrogen (secondary N) is 1. The van der Waals surface area contributed by atoms with E-state index in [1.165, 1.54) is 11.3 Å². The van der Waals surface area contributed by atoms with E-state index in [4.69, 9.17) is 10.7 Å². The minimum atomic E-state index is -0.226. The zero-order valence-electron chi connectivity index (χ0n) is 18.9. The summed E-state index contributed by atoms with van der Waals surface area (Å²) in [6.45, 7) is 6.13.